The van der Waals surface area contributed by atoms with Gasteiger partial charge in [0.05, 0.1) is 11.9 Å². The lowest BCUT2D eigenvalue weighted by atomic mass is 10.1. The molecule has 1 atom stereocenters. The Labute approximate surface area is 131 Å². The Bertz CT molecular complexity index is 623. The summed E-state index contributed by atoms with van der Waals surface area (Å²) >= 11 is 3.44. The summed E-state index contributed by atoms with van der Waals surface area (Å²) in [4.78, 5) is 11.2. The molecule has 6 heteroatoms. The lowest BCUT2D eigenvalue weighted by Crippen LogP contribution is -2.24. The molecule has 3 rings (SSSR count). The predicted octanol–water partition coefficient (Wildman–Crippen LogP) is 2.06. The van der Waals surface area contributed by atoms with E-state index in [-0.39, 0.29) is 5.91 Å². The average Bonchev–Trinajstić information content (AvgIpc) is 3.09. The molecule has 21 heavy (non-hydrogen) atoms. The van der Waals surface area contributed by atoms with Crippen LogP contribution in [-0.2, 0) is 11.3 Å². The molecule has 1 aliphatic heterocycles. The number of hydrogen-bond donors (Lipinski definition) is 3. The van der Waals surface area contributed by atoms with Gasteiger partial charge in [-0.15, -0.1) is 0 Å². The Morgan fingerprint density at radius 3 is 2.86 bits per heavy atom. The summed E-state index contributed by atoms with van der Waals surface area (Å²) in [6.07, 6.45) is 2.47. The third-order valence-electron chi connectivity index (χ3n) is 3.66. The van der Waals surface area contributed by atoms with Gasteiger partial charge in [0, 0.05) is 36.1 Å². The number of amides is 1. The van der Waals surface area contributed by atoms with E-state index in [0.717, 1.165) is 40.9 Å². The molecule has 2 heterocycles. The summed E-state index contributed by atoms with van der Waals surface area (Å²) in [5, 5.41) is 13.5. The van der Waals surface area contributed by atoms with E-state index in [2.05, 4.69) is 48.9 Å². The van der Waals surface area contributed by atoms with Crippen molar-refractivity contribution in [3.8, 4) is 11.3 Å². The van der Waals surface area contributed by atoms with Crippen molar-refractivity contribution in [3.63, 3.8) is 0 Å². The van der Waals surface area contributed by atoms with E-state index >= 15 is 0 Å². The minimum atomic E-state index is 0.153. The normalized spacial score (nSPS) is 18.0. The lowest BCUT2D eigenvalue weighted by Gasteiger charge is -2.09. The number of carbonyl (C=O) groups is 1. The molecule has 1 aliphatic rings. The van der Waals surface area contributed by atoms with Gasteiger partial charge in [-0.05, 0) is 23.6 Å². The topological polar surface area (TPSA) is 69.8 Å². The first-order chi connectivity index (χ1) is 10.2. The number of carbonyl (C=O) groups excluding carboxylic acids is 1. The second-order valence-electron chi connectivity index (χ2n) is 5.28. The van der Waals surface area contributed by atoms with Crippen LogP contribution in [0.1, 0.15) is 12.0 Å². The molecule has 1 aromatic carbocycles. The monoisotopic (exact) mass is 348 g/mol. The fraction of sp³-hybridized carbons (Fsp3) is 0.333. The smallest absolute Gasteiger partial charge is 0.220 e. The minimum Gasteiger partial charge on any atom is -0.356 e. The van der Waals surface area contributed by atoms with Crippen molar-refractivity contribution in [2.24, 2.45) is 5.92 Å². The van der Waals surface area contributed by atoms with Gasteiger partial charge in [-0.2, -0.15) is 5.10 Å². The van der Waals surface area contributed by atoms with Crippen molar-refractivity contribution in [2.75, 3.05) is 13.1 Å². The van der Waals surface area contributed by atoms with Crippen LogP contribution in [0.25, 0.3) is 11.3 Å². The number of aromatic amines is 1. The molecule has 0 bridgehead atoms. The second kappa shape index (κ2) is 6.41. The highest BCUT2D eigenvalue weighted by Crippen LogP contribution is 2.23. The quantitative estimate of drug-likeness (QED) is 0.774. The van der Waals surface area contributed by atoms with Crippen LogP contribution >= 0.6 is 15.9 Å². The van der Waals surface area contributed by atoms with E-state index in [1.165, 1.54) is 0 Å². The molecule has 0 aliphatic carbocycles. The Balaban J connectivity index is 1.60. The minimum absolute atomic E-state index is 0.153. The largest absolute Gasteiger partial charge is 0.356 e. The highest BCUT2D eigenvalue weighted by atomic mass is 79.9. The van der Waals surface area contributed by atoms with E-state index in [0.29, 0.717) is 12.3 Å². The SMILES string of the molecule is O=C1CC(CNCc2cn[nH]c2-c2ccc(Br)cc2)CN1. The van der Waals surface area contributed by atoms with Gasteiger partial charge in [0.15, 0.2) is 0 Å². The van der Waals surface area contributed by atoms with Gasteiger partial charge in [0.25, 0.3) is 0 Å². The fourth-order valence-electron chi connectivity index (χ4n) is 2.53. The summed E-state index contributed by atoms with van der Waals surface area (Å²) in [6, 6.07) is 8.15. The molecule has 0 spiro atoms. The molecule has 1 amide bonds. The zero-order chi connectivity index (χ0) is 14.7. The number of hydrogen-bond acceptors (Lipinski definition) is 3. The zero-order valence-corrected chi connectivity index (χ0v) is 13.1. The number of rotatable bonds is 5. The highest BCUT2D eigenvalue weighted by molar-refractivity contribution is 9.10. The molecular formula is C15H17BrN4O. The Kier molecular flexibility index (Phi) is 4.36. The molecule has 5 nitrogen and oxygen atoms in total. The van der Waals surface area contributed by atoms with Crippen molar-refractivity contribution < 1.29 is 4.79 Å². The maximum Gasteiger partial charge on any atom is 0.220 e. The first-order valence-corrected chi connectivity index (χ1v) is 7.77. The van der Waals surface area contributed by atoms with Crippen LogP contribution in [-0.4, -0.2) is 29.2 Å². The Morgan fingerprint density at radius 2 is 2.14 bits per heavy atom. The van der Waals surface area contributed by atoms with Crippen LogP contribution in [0.15, 0.2) is 34.9 Å². The number of nitrogens with zero attached hydrogens (tertiary/aromatic N) is 1. The van der Waals surface area contributed by atoms with Gasteiger partial charge in [-0.3, -0.25) is 9.89 Å². The molecule has 1 unspecified atom stereocenters. The molecule has 0 saturated carbocycles. The maximum atomic E-state index is 11.2. The van der Waals surface area contributed by atoms with E-state index in [9.17, 15) is 4.79 Å². The summed E-state index contributed by atoms with van der Waals surface area (Å²) in [7, 11) is 0. The van der Waals surface area contributed by atoms with Crippen LogP contribution in [0.3, 0.4) is 0 Å². The van der Waals surface area contributed by atoms with Gasteiger partial charge in [-0.25, -0.2) is 0 Å². The summed E-state index contributed by atoms with van der Waals surface area (Å²) < 4.78 is 1.06. The zero-order valence-electron chi connectivity index (χ0n) is 11.5. The molecule has 1 saturated heterocycles. The van der Waals surface area contributed by atoms with Gasteiger partial charge in [0.2, 0.25) is 5.91 Å². The first-order valence-electron chi connectivity index (χ1n) is 6.98. The number of nitrogens with one attached hydrogen (secondary N) is 3. The van der Waals surface area contributed by atoms with Crippen molar-refractivity contribution in [1.29, 1.82) is 0 Å². The van der Waals surface area contributed by atoms with Crippen molar-refractivity contribution in [2.45, 2.75) is 13.0 Å². The summed E-state index contributed by atoms with van der Waals surface area (Å²) in [6.45, 7) is 2.35. The van der Waals surface area contributed by atoms with Crippen molar-refractivity contribution in [1.82, 2.24) is 20.8 Å². The van der Waals surface area contributed by atoms with Gasteiger partial charge in [-0.1, -0.05) is 28.1 Å². The van der Waals surface area contributed by atoms with Gasteiger partial charge in [0.1, 0.15) is 0 Å². The average molecular weight is 349 g/mol. The van der Waals surface area contributed by atoms with E-state index in [1.807, 2.05) is 18.3 Å². The van der Waals surface area contributed by atoms with Crippen LogP contribution in [0.4, 0.5) is 0 Å². The third-order valence-corrected chi connectivity index (χ3v) is 4.19. The van der Waals surface area contributed by atoms with Gasteiger partial charge >= 0.3 is 0 Å². The molecule has 1 aromatic heterocycles. The molecular weight excluding hydrogens is 332 g/mol. The van der Waals surface area contributed by atoms with Crippen molar-refractivity contribution in [3.05, 3.63) is 40.5 Å². The number of H-pyrrole nitrogens is 1. The number of benzene rings is 1. The predicted molar refractivity (Wildman–Crippen MR) is 84.5 cm³/mol. The molecule has 2 aromatic rings. The summed E-state index contributed by atoms with van der Waals surface area (Å²) in [5.74, 6) is 0.543. The number of halogens is 1. The Hall–Kier alpha value is -1.66. The highest BCUT2D eigenvalue weighted by Gasteiger charge is 2.20. The lowest BCUT2D eigenvalue weighted by molar-refractivity contribution is -0.119. The standard InChI is InChI=1S/C15H17BrN4O/c16-13-3-1-11(2-4-13)15-12(9-19-20-15)8-17-6-10-5-14(21)18-7-10/h1-4,9-10,17H,5-8H2,(H,18,21)(H,19,20). The van der Waals surface area contributed by atoms with Crippen LogP contribution in [0, 0.1) is 5.92 Å². The maximum absolute atomic E-state index is 11.2. The Morgan fingerprint density at radius 1 is 1.33 bits per heavy atom. The van der Waals surface area contributed by atoms with Crippen LogP contribution in [0.2, 0.25) is 0 Å². The van der Waals surface area contributed by atoms with Gasteiger partial charge < -0.3 is 10.6 Å². The second-order valence-corrected chi connectivity index (χ2v) is 6.20. The summed E-state index contributed by atoms with van der Waals surface area (Å²) in [5.41, 5.74) is 3.29. The third kappa shape index (κ3) is 3.51. The van der Waals surface area contributed by atoms with Crippen molar-refractivity contribution >= 4 is 21.8 Å². The van der Waals surface area contributed by atoms with E-state index in [4.69, 9.17) is 0 Å². The molecule has 110 valence electrons. The first kappa shape index (κ1) is 14.3. The molecule has 0 radical (unpaired) electrons. The van der Waals surface area contributed by atoms with E-state index in [1.54, 1.807) is 0 Å². The molecule has 1 fully saturated rings. The fourth-order valence-corrected chi connectivity index (χ4v) is 2.80. The van der Waals surface area contributed by atoms with Crippen LogP contribution < -0.4 is 10.6 Å². The van der Waals surface area contributed by atoms with E-state index < -0.39 is 0 Å². The molecule has 3 N–H and O–H groups in total. The van der Waals surface area contributed by atoms with Crippen LogP contribution in [0.5, 0.6) is 0 Å². The number of aromatic nitrogens is 2.